The van der Waals surface area contributed by atoms with E-state index in [4.69, 9.17) is 4.74 Å². The van der Waals surface area contributed by atoms with Crippen molar-refractivity contribution in [3.63, 3.8) is 0 Å². The maximum atomic E-state index is 12.5. The lowest BCUT2D eigenvalue weighted by atomic mass is 10.0. The van der Waals surface area contributed by atoms with E-state index in [1.54, 1.807) is 6.08 Å². The Kier molecular flexibility index (Phi) is 70.4. The zero-order valence-corrected chi connectivity index (χ0v) is 55.8. The second-order valence-electron chi connectivity index (χ2n) is 26.0. The van der Waals surface area contributed by atoms with E-state index in [0.717, 1.165) is 38.5 Å². The molecule has 2 unspecified atom stereocenters. The highest BCUT2D eigenvalue weighted by molar-refractivity contribution is 5.76. The molecule has 0 aliphatic carbocycles. The van der Waals surface area contributed by atoms with Crippen molar-refractivity contribution in [1.82, 2.24) is 5.32 Å². The highest BCUT2D eigenvalue weighted by atomic mass is 16.5. The quantitative estimate of drug-likeness (QED) is 0.0320. The molecule has 6 nitrogen and oxygen atoms in total. The first kappa shape index (κ1) is 80.3. The Morgan fingerprint density at radius 2 is 0.573 bits per heavy atom. The Bertz CT molecular complexity index is 1280. The van der Waals surface area contributed by atoms with Gasteiger partial charge in [-0.05, 0) is 57.8 Å². The number of aliphatic hydroxyl groups excluding tert-OH is 2. The molecule has 0 rings (SSSR count). The van der Waals surface area contributed by atoms with Gasteiger partial charge in [0.05, 0.1) is 25.4 Å². The van der Waals surface area contributed by atoms with Gasteiger partial charge in [0, 0.05) is 12.8 Å². The van der Waals surface area contributed by atoms with Crippen LogP contribution >= 0.6 is 0 Å². The van der Waals surface area contributed by atoms with Gasteiger partial charge in [-0.1, -0.05) is 378 Å². The van der Waals surface area contributed by atoms with Gasteiger partial charge in [-0.15, -0.1) is 0 Å². The van der Waals surface area contributed by atoms with Crippen LogP contribution in [0.1, 0.15) is 425 Å². The van der Waals surface area contributed by atoms with E-state index in [9.17, 15) is 19.8 Å². The summed E-state index contributed by atoms with van der Waals surface area (Å²) >= 11 is 0. The Hall–Kier alpha value is -1.66. The molecule has 0 aliphatic rings. The van der Waals surface area contributed by atoms with Gasteiger partial charge in [-0.2, -0.15) is 0 Å². The SMILES string of the molecule is CCCCCCCCCCCCCCCCCCCCCCCCC/C=C/C(O)C(CO)NC(=O)CCCCCCCCCCCCC/C=C\CCCCCCCCCCCCCCOC(=O)CCCCCCCCCCCCCCC. The molecule has 6 heteroatoms. The highest BCUT2D eigenvalue weighted by Gasteiger charge is 2.18. The molecule has 0 aromatic carbocycles. The minimum atomic E-state index is -0.846. The maximum Gasteiger partial charge on any atom is 0.305 e. The summed E-state index contributed by atoms with van der Waals surface area (Å²) in [4.78, 5) is 24.6. The standard InChI is InChI=1S/C76H147NO5/c1-3-5-7-9-11-13-15-17-18-19-20-21-22-26-29-32-35-38-41-45-48-52-56-60-64-68-74(79)73(72-78)77-75(80)69-65-61-57-53-49-46-42-39-36-33-30-27-24-23-25-28-31-34-37-40-43-47-51-55-59-63-67-71-82-76(81)70-66-62-58-54-50-44-16-14-12-10-8-6-4-2/h23-24,64,68,73-74,78-79H,3-22,25-63,65-67,69-72H2,1-2H3,(H,77,80)/b24-23-,68-64+. The van der Waals surface area contributed by atoms with Crippen molar-refractivity contribution in [2.24, 2.45) is 0 Å². The fraction of sp³-hybridized carbons (Fsp3) is 0.921. The van der Waals surface area contributed by atoms with E-state index >= 15 is 0 Å². The first-order valence-corrected chi connectivity index (χ1v) is 37.6. The second-order valence-corrected chi connectivity index (χ2v) is 26.0. The summed E-state index contributed by atoms with van der Waals surface area (Å²) in [5, 5.41) is 23.3. The third-order valence-corrected chi connectivity index (χ3v) is 17.7. The number of carbonyl (C=O) groups is 2. The van der Waals surface area contributed by atoms with Gasteiger partial charge < -0.3 is 20.3 Å². The summed E-state index contributed by atoms with van der Waals surface area (Å²) < 4.78 is 5.49. The summed E-state index contributed by atoms with van der Waals surface area (Å²) in [6.07, 6.45) is 91.3. The number of unbranched alkanes of at least 4 members (excludes halogenated alkanes) is 58. The van der Waals surface area contributed by atoms with E-state index in [1.165, 1.54) is 360 Å². The monoisotopic (exact) mass is 1150 g/mol. The Balaban J connectivity index is 3.41. The van der Waals surface area contributed by atoms with Crippen molar-refractivity contribution >= 4 is 11.9 Å². The molecule has 2 atom stereocenters. The summed E-state index contributed by atoms with van der Waals surface area (Å²) in [5.41, 5.74) is 0. The van der Waals surface area contributed by atoms with Gasteiger partial charge in [0.2, 0.25) is 5.91 Å². The topological polar surface area (TPSA) is 95.9 Å². The fourth-order valence-corrected chi connectivity index (χ4v) is 12.0. The normalized spacial score (nSPS) is 12.6. The number of hydrogen-bond acceptors (Lipinski definition) is 5. The minimum absolute atomic E-state index is 0.0172. The average Bonchev–Trinajstić information content (AvgIpc) is 3.48. The Labute approximate surface area is 513 Å². The van der Waals surface area contributed by atoms with Crippen molar-refractivity contribution in [3.8, 4) is 0 Å². The lowest BCUT2D eigenvalue weighted by Gasteiger charge is -2.20. The van der Waals surface area contributed by atoms with Crippen molar-refractivity contribution in [2.75, 3.05) is 13.2 Å². The van der Waals surface area contributed by atoms with Gasteiger partial charge in [0.25, 0.3) is 0 Å². The molecule has 1 amide bonds. The van der Waals surface area contributed by atoms with Crippen molar-refractivity contribution in [1.29, 1.82) is 0 Å². The number of hydrogen-bond donors (Lipinski definition) is 3. The van der Waals surface area contributed by atoms with Crippen LogP contribution < -0.4 is 5.32 Å². The number of ether oxygens (including phenoxy) is 1. The molecule has 0 saturated heterocycles. The van der Waals surface area contributed by atoms with Gasteiger partial charge >= 0.3 is 5.97 Å². The van der Waals surface area contributed by atoms with E-state index in [-0.39, 0.29) is 18.5 Å². The number of esters is 1. The van der Waals surface area contributed by atoms with Crippen LogP contribution in [0.4, 0.5) is 0 Å². The maximum absolute atomic E-state index is 12.5. The fourth-order valence-electron chi connectivity index (χ4n) is 12.0. The summed E-state index contributed by atoms with van der Waals surface area (Å²) in [7, 11) is 0. The first-order valence-electron chi connectivity index (χ1n) is 37.6. The largest absolute Gasteiger partial charge is 0.466 e. The molecular formula is C76H147NO5. The number of allylic oxidation sites excluding steroid dienone is 3. The average molecular weight is 1160 g/mol. The predicted molar refractivity (Wildman–Crippen MR) is 361 cm³/mol. The molecule has 0 saturated carbocycles. The van der Waals surface area contributed by atoms with Crippen molar-refractivity contribution in [3.05, 3.63) is 24.3 Å². The van der Waals surface area contributed by atoms with E-state index in [1.807, 2.05) is 6.08 Å². The number of nitrogens with one attached hydrogen (secondary N) is 1. The van der Waals surface area contributed by atoms with Crippen molar-refractivity contribution in [2.45, 2.75) is 437 Å². The van der Waals surface area contributed by atoms with E-state index in [2.05, 4.69) is 31.3 Å². The smallest absolute Gasteiger partial charge is 0.305 e. The number of aliphatic hydroxyl groups is 2. The molecule has 82 heavy (non-hydrogen) atoms. The molecule has 0 aliphatic heterocycles. The Morgan fingerprint density at radius 1 is 0.329 bits per heavy atom. The van der Waals surface area contributed by atoms with Crippen LogP contribution in [-0.4, -0.2) is 47.4 Å². The van der Waals surface area contributed by atoms with Crippen LogP contribution in [0.15, 0.2) is 24.3 Å². The molecule has 0 fully saturated rings. The molecule has 486 valence electrons. The summed E-state index contributed by atoms with van der Waals surface area (Å²) in [5.74, 6) is -0.0466. The van der Waals surface area contributed by atoms with Crippen LogP contribution in [0.2, 0.25) is 0 Å². The van der Waals surface area contributed by atoms with E-state index in [0.29, 0.717) is 19.4 Å². The first-order chi connectivity index (χ1) is 40.5. The lowest BCUT2D eigenvalue weighted by molar-refractivity contribution is -0.143. The molecule has 0 aromatic rings. The van der Waals surface area contributed by atoms with Crippen LogP contribution in [0.5, 0.6) is 0 Å². The number of amides is 1. The molecule has 0 spiro atoms. The number of rotatable bonds is 71. The molecule has 0 radical (unpaired) electrons. The molecule has 0 heterocycles. The van der Waals surface area contributed by atoms with Gasteiger partial charge in [-0.3, -0.25) is 9.59 Å². The van der Waals surface area contributed by atoms with Crippen LogP contribution in [0, 0.1) is 0 Å². The van der Waals surface area contributed by atoms with Gasteiger partial charge in [0.15, 0.2) is 0 Å². The van der Waals surface area contributed by atoms with Crippen LogP contribution in [0.3, 0.4) is 0 Å². The zero-order valence-electron chi connectivity index (χ0n) is 55.8. The van der Waals surface area contributed by atoms with Gasteiger partial charge in [-0.25, -0.2) is 0 Å². The predicted octanol–water partition coefficient (Wildman–Crippen LogP) is 24.5. The summed E-state index contributed by atoms with van der Waals surface area (Å²) in [6, 6.07) is -0.630. The van der Waals surface area contributed by atoms with E-state index < -0.39 is 12.1 Å². The molecule has 0 bridgehead atoms. The van der Waals surface area contributed by atoms with Crippen LogP contribution in [-0.2, 0) is 14.3 Å². The third kappa shape index (κ3) is 67.5. The van der Waals surface area contributed by atoms with Crippen LogP contribution in [0.25, 0.3) is 0 Å². The Morgan fingerprint density at radius 3 is 0.866 bits per heavy atom. The third-order valence-electron chi connectivity index (χ3n) is 17.7. The second kappa shape index (κ2) is 71.8. The highest BCUT2D eigenvalue weighted by Crippen LogP contribution is 2.19. The number of carbonyl (C=O) groups excluding carboxylic acids is 2. The molecular weight excluding hydrogens is 1010 g/mol. The minimum Gasteiger partial charge on any atom is -0.466 e. The molecule has 3 N–H and O–H groups in total. The molecule has 0 aromatic heterocycles. The summed E-state index contributed by atoms with van der Waals surface area (Å²) in [6.45, 7) is 4.95. The van der Waals surface area contributed by atoms with Gasteiger partial charge in [0.1, 0.15) is 0 Å². The zero-order chi connectivity index (χ0) is 59.2. The van der Waals surface area contributed by atoms with Crippen molar-refractivity contribution < 1.29 is 24.5 Å². The lowest BCUT2D eigenvalue weighted by Crippen LogP contribution is -2.45.